The number of nitro groups is 1. The average Bonchev–Trinajstić information content (AvgIpc) is 3.06. The van der Waals surface area contributed by atoms with Crippen molar-refractivity contribution in [1.82, 2.24) is 0 Å². The first-order valence-corrected chi connectivity index (χ1v) is 11.2. The molecular formula is C25H17BrN2O4. The summed E-state index contributed by atoms with van der Waals surface area (Å²) >= 11 is 3.93. The molecule has 7 rings (SSSR count). The Hall–Kier alpha value is -3.32. The van der Waals surface area contributed by atoms with Crippen LogP contribution in [0.2, 0.25) is 0 Å². The van der Waals surface area contributed by atoms with Crippen LogP contribution in [0.4, 0.5) is 11.4 Å². The molecule has 0 saturated carbocycles. The molecule has 3 aliphatic carbocycles. The van der Waals surface area contributed by atoms with Crippen molar-refractivity contribution in [3.63, 3.8) is 0 Å². The molecule has 0 radical (unpaired) electrons. The zero-order valence-corrected chi connectivity index (χ0v) is 18.6. The highest BCUT2D eigenvalue weighted by Gasteiger charge is 2.68. The summed E-state index contributed by atoms with van der Waals surface area (Å²) in [5.74, 6) is -2.39. The second-order valence-corrected chi connectivity index (χ2v) is 9.88. The summed E-state index contributed by atoms with van der Waals surface area (Å²) in [7, 11) is 0. The molecule has 6 nitrogen and oxygen atoms in total. The van der Waals surface area contributed by atoms with Crippen LogP contribution in [-0.2, 0) is 13.9 Å². The summed E-state index contributed by atoms with van der Waals surface area (Å²) in [4.78, 5) is 40.0. The molecule has 1 aliphatic heterocycles. The fraction of sp³-hybridized carbons (Fsp3) is 0.200. The molecule has 1 heterocycles. The van der Waals surface area contributed by atoms with Gasteiger partial charge in [0, 0.05) is 12.0 Å². The van der Waals surface area contributed by atoms with E-state index < -0.39 is 27.0 Å². The van der Waals surface area contributed by atoms with Gasteiger partial charge < -0.3 is 0 Å². The number of amides is 2. The van der Waals surface area contributed by atoms with Crippen molar-refractivity contribution in [3.05, 3.63) is 105 Å². The number of anilines is 1. The number of hydrogen-bond acceptors (Lipinski definition) is 4. The Balaban J connectivity index is 1.61. The summed E-state index contributed by atoms with van der Waals surface area (Å²) < 4.78 is -0.874. The van der Waals surface area contributed by atoms with E-state index in [1.807, 2.05) is 48.5 Å². The van der Waals surface area contributed by atoms with Crippen molar-refractivity contribution in [1.29, 1.82) is 0 Å². The third-order valence-electron chi connectivity index (χ3n) is 7.08. The summed E-state index contributed by atoms with van der Waals surface area (Å²) in [5.41, 5.74) is 4.48. The van der Waals surface area contributed by atoms with Gasteiger partial charge in [0.25, 0.3) is 5.69 Å². The Morgan fingerprint density at radius 2 is 1.53 bits per heavy atom. The third kappa shape index (κ3) is 2.19. The van der Waals surface area contributed by atoms with Crippen LogP contribution < -0.4 is 4.90 Å². The SMILES string of the molecule is Cc1ccc(N2C(=O)[C@H]3C4c5ccccc5C(Br)(c5ccccc54)[C@H]3C2=O)c([N+](=O)[O-])c1. The van der Waals surface area contributed by atoms with E-state index in [1.54, 1.807) is 13.0 Å². The van der Waals surface area contributed by atoms with E-state index in [2.05, 4.69) is 15.9 Å². The first-order valence-electron chi connectivity index (χ1n) is 10.4. The summed E-state index contributed by atoms with van der Waals surface area (Å²) in [6, 6.07) is 20.4. The van der Waals surface area contributed by atoms with Gasteiger partial charge in [-0.25, -0.2) is 4.90 Å². The zero-order valence-electron chi connectivity index (χ0n) is 17.0. The lowest BCUT2D eigenvalue weighted by Gasteiger charge is -2.51. The molecule has 3 aromatic rings. The fourth-order valence-corrected chi connectivity index (χ4v) is 7.09. The third-order valence-corrected chi connectivity index (χ3v) is 8.43. The number of alkyl halides is 1. The van der Waals surface area contributed by atoms with Crippen molar-refractivity contribution in [2.24, 2.45) is 11.8 Å². The van der Waals surface area contributed by atoms with Crippen LogP contribution in [0.1, 0.15) is 33.7 Å². The predicted molar refractivity (Wildman–Crippen MR) is 122 cm³/mol. The second kappa shape index (κ2) is 6.36. The molecule has 0 aromatic heterocycles. The Labute approximate surface area is 192 Å². The van der Waals surface area contributed by atoms with Crippen molar-refractivity contribution < 1.29 is 14.5 Å². The Bertz CT molecular complexity index is 1320. The fourth-order valence-electron chi connectivity index (χ4n) is 5.89. The van der Waals surface area contributed by atoms with Gasteiger partial charge in [0.15, 0.2) is 0 Å². The van der Waals surface area contributed by atoms with Crippen LogP contribution in [0.15, 0.2) is 66.7 Å². The number of imide groups is 1. The van der Waals surface area contributed by atoms with Crippen LogP contribution in [0.25, 0.3) is 0 Å². The molecule has 32 heavy (non-hydrogen) atoms. The lowest BCUT2D eigenvalue weighted by atomic mass is 9.55. The summed E-state index contributed by atoms with van der Waals surface area (Å²) in [6.07, 6.45) is 0. The molecule has 158 valence electrons. The molecular weight excluding hydrogens is 472 g/mol. The number of nitro benzene ring substituents is 1. The zero-order chi connectivity index (χ0) is 22.4. The van der Waals surface area contributed by atoms with Crippen molar-refractivity contribution in [2.75, 3.05) is 4.90 Å². The average molecular weight is 489 g/mol. The lowest BCUT2D eigenvalue weighted by Crippen LogP contribution is -2.50. The molecule has 2 amide bonds. The van der Waals surface area contributed by atoms with Gasteiger partial charge in [-0.15, -0.1) is 0 Å². The monoisotopic (exact) mass is 488 g/mol. The molecule has 3 aromatic carbocycles. The number of rotatable bonds is 2. The number of hydrogen-bond donors (Lipinski definition) is 0. The maximum atomic E-state index is 13.9. The van der Waals surface area contributed by atoms with Gasteiger partial charge in [-0.3, -0.25) is 19.7 Å². The highest BCUT2D eigenvalue weighted by molar-refractivity contribution is 9.09. The number of carbonyl (C=O) groups is 2. The van der Waals surface area contributed by atoms with E-state index in [9.17, 15) is 19.7 Å². The highest BCUT2D eigenvalue weighted by atomic mass is 79.9. The topological polar surface area (TPSA) is 80.5 Å². The van der Waals surface area contributed by atoms with E-state index in [1.165, 1.54) is 12.1 Å². The molecule has 1 fully saturated rings. The lowest BCUT2D eigenvalue weighted by molar-refractivity contribution is -0.384. The molecule has 0 spiro atoms. The molecule has 1 saturated heterocycles. The standard InChI is InChI=1S/C25H17BrN2O4/c1-13-10-11-18(19(12-13)28(31)32)27-23(29)21-20-14-6-2-4-8-16(14)25(26,22(21)24(27)30)17-9-5-3-7-15(17)20/h2-12,20-22H,1H3/t20?,21-,22+,25?/m0/s1. The van der Waals surface area contributed by atoms with E-state index in [0.717, 1.165) is 27.2 Å². The van der Waals surface area contributed by atoms with Crippen LogP contribution in [-0.4, -0.2) is 16.7 Å². The minimum absolute atomic E-state index is 0.0358. The van der Waals surface area contributed by atoms with Crippen LogP contribution in [0.5, 0.6) is 0 Å². The molecule has 0 N–H and O–H groups in total. The first-order chi connectivity index (χ1) is 15.4. The van der Waals surface area contributed by atoms with Crippen LogP contribution in [0, 0.1) is 28.9 Å². The number of nitrogens with zero attached hydrogens (tertiary/aromatic N) is 2. The van der Waals surface area contributed by atoms with Crippen LogP contribution in [0.3, 0.4) is 0 Å². The number of halogens is 1. The quantitative estimate of drug-likeness (QED) is 0.224. The smallest absolute Gasteiger partial charge is 0.274 e. The van der Waals surface area contributed by atoms with Gasteiger partial charge in [0.2, 0.25) is 11.8 Å². The molecule has 4 aliphatic rings. The highest BCUT2D eigenvalue weighted by Crippen LogP contribution is 2.66. The Morgan fingerprint density at radius 3 is 2.12 bits per heavy atom. The van der Waals surface area contributed by atoms with E-state index in [4.69, 9.17) is 0 Å². The van der Waals surface area contributed by atoms with E-state index in [-0.39, 0.29) is 23.2 Å². The van der Waals surface area contributed by atoms with Crippen molar-refractivity contribution >= 4 is 39.1 Å². The van der Waals surface area contributed by atoms with E-state index >= 15 is 0 Å². The first kappa shape index (κ1) is 19.4. The number of carbonyl (C=O) groups excluding carboxylic acids is 2. The number of aryl methyl sites for hydroxylation is 1. The van der Waals surface area contributed by atoms with Gasteiger partial charge in [-0.2, -0.15) is 0 Å². The summed E-state index contributed by atoms with van der Waals surface area (Å²) in [5, 5.41) is 11.8. The van der Waals surface area contributed by atoms with E-state index in [0.29, 0.717) is 5.56 Å². The maximum Gasteiger partial charge on any atom is 0.293 e. The van der Waals surface area contributed by atoms with Gasteiger partial charge in [-0.05, 0) is 40.8 Å². The molecule has 0 unspecified atom stereocenters. The van der Waals surface area contributed by atoms with Gasteiger partial charge in [-0.1, -0.05) is 70.5 Å². The normalized spacial score (nSPS) is 27.2. The Morgan fingerprint density at radius 1 is 0.938 bits per heavy atom. The second-order valence-electron chi connectivity index (χ2n) is 8.63. The van der Waals surface area contributed by atoms with Gasteiger partial charge >= 0.3 is 0 Å². The predicted octanol–water partition coefficient (Wildman–Crippen LogP) is 4.81. The minimum Gasteiger partial charge on any atom is -0.274 e. The van der Waals surface area contributed by atoms with Gasteiger partial charge in [0.1, 0.15) is 5.69 Å². The van der Waals surface area contributed by atoms with Crippen molar-refractivity contribution in [3.8, 4) is 0 Å². The van der Waals surface area contributed by atoms with Crippen LogP contribution >= 0.6 is 15.9 Å². The maximum absolute atomic E-state index is 13.9. The minimum atomic E-state index is -0.874. The molecule has 2 atom stereocenters. The Kier molecular flexibility index (Phi) is 3.85. The van der Waals surface area contributed by atoms with Gasteiger partial charge in [0.05, 0.1) is 21.1 Å². The number of benzene rings is 3. The molecule has 2 bridgehead atoms. The van der Waals surface area contributed by atoms with Crippen molar-refractivity contribution in [2.45, 2.75) is 17.2 Å². The largest absolute Gasteiger partial charge is 0.293 e. The molecule has 7 heteroatoms. The summed E-state index contributed by atoms with van der Waals surface area (Å²) in [6.45, 7) is 1.74.